The van der Waals surface area contributed by atoms with Crippen LogP contribution in [-0.4, -0.2) is 0 Å². The van der Waals surface area contributed by atoms with Crippen LogP contribution in [-0.2, 0) is 13.0 Å². The van der Waals surface area contributed by atoms with Crippen LogP contribution < -0.4 is 21.5 Å². The molecule has 0 fully saturated rings. The Morgan fingerprint density at radius 2 is 1.76 bits per heavy atom. The van der Waals surface area contributed by atoms with Gasteiger partial charge in [-0.1, -0.05) is 30.3 Å². The van der Waals surface area contributed by atoms with Crippen molar-refractivity contribution in [3.05, 3.63) is 71.6 Å². The van der Waals surface area contributed by atoms with Crippen LogP contribution in [0, 0.1) is 12.3 Å². The second-order valence-electron chi connectivity index (χ2n) is 5.17. The molecule has 2 heteroatoms. The Balaban J connectivity index is 0.00000161. The van der Waals surface area contributed by atoms with Gasteiger partial charge in [0.2, 0.25) is 0 Å². The van der Waals surface area contributed by atoms with Crippen LogP contribution in [0.4, 0.5) is 0 Å². The number of hydrogen-bond donors (Lipinski definition) is 0. The third-order valence-corrected chi connectivity index (χ3v) is 3.89. The van der Waals surface area contributed by atoms with Gasteiger partial charge in [0.15, 0.2) is 18.9 Å². The third kappa shape index (κ3) is 3.43. The topological polar surface area (TPSA) is 3.88 Å². The molecule has 1 aliphatic carbocycles. The molecule has 1 aromatic carbocycles. The number of allylic oxidation sites excluding steroid dienone is 2. The summed E-state index contributed by atoms with van der Waals surface area (Å²) in [4.78, 5) is 0. The van der Waals surface area contributed by atoms with Gasteiger partial charge < -0.3 is 17.0 Å². The minimum absolute atomic E-state index is 0. The molecule has 2 aromatic rings. The van der Waals surface area contributed by atoms with Crippen molar-refractivity contribution in [1.29, 1.82) is 0 Å². The molecule has 0 spiro atoms. The van der Waals surface area contributed by atoms with E-state index in [9.17, 15) is 0 Å². The molecule has 1 aromatic heterocycles. The molecular formula is C19H18BrN. The molecule has 0 saturated carbocycles. The van der Waals surface area contributed by atoms with E-state index in [0.29, 0.717) is 0 Å². The number of rotatable bonds is 3. The zero-order valence-corrected chi connectivity index (χ0v) is 13.5. The molecule has 3 rings (SSSR count). The van der Waals surface area contributed by atoms with Gasteiger partial charge in [-0.3, -0.25) is 0 Å². The summed E-state index contributed by atoms with van der Waals surface area (Å²) in [6.07, 6.45) is 12.8. The summed E-state index contributed by atoms with van der Waals surface area (Å²) in [7, 11) is 0. The molecule has 1 aliphatic rings. The summed E-state index contributed by atoms with van der Waals surface area (Å²) in [5, 5.41) is 0. The molecule has 0 saturated heterocycles. The summed E-state index contributed by atoms with van der Waals surface area (Å²) in [5.41, 5.74) is 5.60. The molecule has 0 amide bonds. The summed E-state index contributed by atoms with van der Waals surface area (Å²) in [5.74, 6) is 2.83. The largest absolute Gasteiger partial charge is 1.00 e. The standard InChI is InChI=1S/C19H18N.BrH/c1-2-8-18-17(15-20-13-6-3-7-14-20)12-11-16-9-4-5-10-19(16)18;/h1,3-7,9-10,13-14H,8,11-12,15H2;1H/q+1;/p-1. The van der Waals surface area contributed by atoms with E-state index in [1.165, 1.54) is 22.3 Å². The smallest absolute Gasteiger partial charge is 0.170 e. The van der Waals surface area contributed by atoms with Crippen molar-refractivity contribution in [2.45, 2.75) is 25.8 Å². The fourth-order valence-electron chi connectivity index (χ4n) is 2.92. The molecular weight excluding hydrogens is 322 g/mol. The van der Waals surface area contributed by atoms with Crippen molar-refractivity contribution < 1.29 is 21.5 Å². The molecule has 0 atom stereocenters. The minimum Gasteiger partial charge on any atom is -1.00 e. The van der Waals surface area contributed by atoms with Crippen LogP contribution in [0.25, 0.3) is 5.57 Å². The normalized spacial score (nSPS) is 13.1. The number of aryl methyl sites for hydroxylation is 1. The van der Waals surface area contributed by atoms with Crippen molar-refractivity contribution >= 4 is 5.57 Å². The first kappa shape index (κ1) is 15.5. The highest BCUT2D eigenvalue weighted by molar-refractivity contribution is 5.74. The zero-order chi connectivity index (χ0) is 13.8. The molecule has 106 valence electrons. The Labute approximate surface area is 137 Å². The van der Waals surface area contributed by atoms with E-state index in [1.54, 1.807) is 0 Å². The maximum atomic E-state index is 5.58. The van der Waals surface area contributed by atoms with Crippen molar-refractivity contribution in [2.24, 2.45) is 0 Å². The molecule has 0 bridgehead atoms. The first-order valence-electron chi connectivity index (χ1n) is 7.05. The highest BCUT2D eigenvalue weighted by Gasteiger charge is 2.20. The number of terminal acetylenes is 1. The quantitative estimate of drug-likeness (QED) is 0.563. The van der Waals surface area contributed by atoms with E-state index in [-0.39, 0.29) is 17.0 Å². The monoisotopic (exact) mass is 339 g/mol. The maximum Gasteiger partial charge on any atom is 0.170 e. The Morgan fingerprint density at radius 1 is 1.00 bits per heavy atom. The van der Waals surface area contributed by atoms with E-state index in [0.717, 1.165) is 25.8 Å². The van der Waals surface area contributed by atoms with E-state index >= 15 is 0 Å². The van der Waals surface area contributed by atoms with E-state index in [4.69, 9.17) is 6.42 Å². The van der Waals surface area contributed by atoms with Crippen LogP contribution in [0.15, 0.2) is 60.4 Å². The second kappa shape index (κ2) is 7.24. The van der Waals surface area contributed by atoms with E-state index in [2.05, 4.69) is 59.3 Å². The van der Waals surface area contributed by atoms with E-state index in [1.807, 2.05) is 6.07 Å². The number of benzene rings is 1. The molecule has 0 aliphatic heterocycles. The number of nitrogens with zero attached hydrogens (tertiary/aromatic N) is 1. The van der Waals surface area contributed by atoms with Crippen LogP contribution in [0.2, 0.25) is 0 Å². The number of hydrogen-bond acceptors (Lipinski definition) is 0. The van der Waals surface area contributed by atoms with Gasteiger partial charge in [-0.15, -0.1) is 12.3 Å². The SMILES string of the molecule is C#CCC1=C(C[n+]2ccccc2)CCc2ccccc21.[Br-]. The van der Waals surface area contributed by atoms with Crippen LogP contribution in [0.5, 0.6) is 0 Å². The Morgan fingerprint density at radius 3 is 2.52 bits per heavy atom. The van der Waals surface area contributed by atoms with Gasteiger partial charge in [-0.25, -0.2) is 4.57 Å². The number of halogens is 1. The van der Waals surface area contributed by atoms with Gasteiger partial charge in [-0.05, 0) is 35.1 Å². The highest BCUT2D eigenvalue weighted by atomic mass is 79.9. The lowest BCUT2D eigenvalue weighted by Crippen LogP contribution is -3.00. The van der Waals surface area contributed by atoms with Gasteiger partial charge in [0.05, 0.1) is 0 Å². The number of pyridine rings is 1. The average molecular weight is 340 g/mol. The molecule has 0 N–H and O–H groups in total. The van der Waals surface area contributed by atoms with Gasteiger partial charge in [0.1, 0.15) is 0 Å². The molecule has 1 heterocycles. The average Bonchev–Trinajstić information content (AvgIpc) is 2.51. The highest BCUT2D eigenvalue weighted by Crippen LogP contribution is 2.33. The molecule has 0 radical (unpaired) electrons. The summed E-state index contributed by atoms with van der Waals surface area (Å²) in [6.45, 7) is 0.937. The van der Waals surface area contributed by atoms with Gasteiger partial charge in [0.25, 0.3) is 0 Å². The third-order valence-electron chi connectivity index (χ3n) is 3.89. The first-order valence-corrected chi connectivity index (χ1v) is 7.05. The fraction of sp³-hybridized carbons (Fsp3) is 0.211. The van der Waals surface area contributed by atoms with Gasteiger partial charge in [-0.2, -0.15) is 0 Å². The first-order chi connectivity index (χ1) is 9.88. The lowest BCUT2D eigenvalue weighted by Gasteiger charge is -2.21. The van der Waals surface area contributed by atoms with Crippen molar-refractivity contribution in [1.82, 2.24) is 0 Å². The number of aromatic nitrogens is 1. The minimum atomic E-state index is 0. The van der Waals surface area contributed by atoms with Crippen molar-refractivity contribution in [2.75, 3.05) is 0 Å². The lowest BCUT2D eigenvalue weighted by atomic mass is 9.84. The second-order valence-corrected chi connectivity index (χ2v) is 5.17. The van der Waals surface area contributed by atoms with Crippen LogP contribution in [0.1, 0.15) is 24.0 Å². The molecule has 0 unspecified atom stereocenters. The van der Waals surface area contributed by atoms with Gasteiger partial charge >= 0.3 is 0 Å². The predicted molar refractivity (Wildman–Crippen MR) is 81.8 cm³/mol. The number of fused-ring (bicyclic) bond motifs is 1. The predicted octanol–water partition coefficient (Wildman–Crippen LogP) is 0.401. The summed E-state index contributed by atoms with van der Waals surface area (Å²) < 4.78 is 2.22. The lowest BCUT2D eigenvalue weighted by molar-refractivity contribution is -0.689. The van der Waals surface area contributed by atoms with E-state index < -0.39 is 0 Å². The molecule has 1 nitrogen and oxygen atoms in total. The Hall–Kier alpha value is -1.85. The zero-order valence-electron chi connectivity index (χ0n) is 11.9. The maximum absolute atomic E-state index is 5.58. The summed E-state index contributed by atoms with van der Waals surface area (Å²) >= 11 is 0. The van der Waals surface area contributed by atoms with Crippen molar-refractivity contribution in [3.63, 3.8) is 0 Å². The van der Waals surface area contributed by atoms with Crippen molar-refractivity contribution in [3.8, 4) is 12.3 Å². The molecule has 21 heavy (non-hydrogen) atoms. The fourth-order valence-corrected chi connectivity index (χ4v) is 2.92. The Bertz CT molecular complexity index is 680. The Kier molecular flexibility index (Phi) is 5.36. The van der Waals surface area contributed by atoms with Gasteiger partial charge in [0, 0.05) is 18.6 Å². The van der Waals surface area contributed by atoms with Crippen LogP contribution >= 0.6 is 0 Å². The summed E-state index contributed by atoms with van der Waals surface area (Å²) in [6, 6.07) is 14.8. The van der Waals surface area contributed by atoms with Crippen LogP contribution in [0.3, 0.4) is 0 Å².